The van der Waals surface area contributed by atoms with Gasteiger partial charge in [-0.15, -0.1) is 11.8 Å². The number of carboxylic acids is 1. The fraction of sp³-hybridized carbons (Fsp3) is 0.889. The molecule has 0 fully saturated rings. The van der Waals surface area contributed by atoms with Crippen LogP contribution in [0.2, 0.25) is 0 Å². The molecule has 0 radical (unpaired) electrons. The predicted molar refractivity (Wildman–Crippen MR) is 55.2 cm³/mol. The minimum Gasteiger partial charge on any atom is -0.480 e. The minimum atomic E-state index is -0.733. The van der Waals surface area contributed by atoms with E-state index in [4.69, 9.17) is 9.84 Å². The first-order valence-corrected chi connectivity index (χ1v) is 5.30. The predicted octanol–water partition coefficient (Wildman–Crippen LogP) is 1.86. The number of carboxylic acid groups (broad SMARTS) is 1. The van der Waals surface area contributed by atoms with E-state index in [1.165, 1.54) is 11.8 Å². The Morgan fingerprint density at radius 3 is 2.31 bits per heavy atom. The Labute approximate surface area is 83.9 Å². The van der Waals surface area contributed by atoms with Gasteiger partial charge in [0.05, 0.1) is 6.61 Å². The Kier molecular flexibility index (Phi) is 6.16. The second-order valence-corrected chi connectivity index (χ2v) is 4.99. The summed E-state index contributed by atoms with van der Waals surface area (Å²) in [6, 6.07) is 0. The van der Waals surface area contributed by atoms with Crippen molar-refractivity contribution in [3.8, 4) is 0 Å². The minimum absolute atomic E-state index is 0.154. The highest BCUT2D eigenvalue weighted by molar-refractivity contribution is 8.01. The van der Waals surface area contributed by atoms with Crippen LogP contribution in [-0.4, -0.2) is 35.3 Å². The maximum absolute atomic E-state index is 10.8. The van der Waals surface area contributed by atoms with Crippen LogP contribution in [0.1, 0.15) is 20.8 Å². The molecular weight excluding hydrogens is 188 g/mol. The maximum Gasteiger partial charge on any atom is 0.316 e. The number of methoxy groups -OCH3 is 1. The lowest BCUT2D eigenvalue weighted by atomic mass is 10.1. The van der Waals surface area contributed by atoms with Gasteiger partial charge in [-0.3, -0.25) is 4.79 Å². The normalized spacial score (nSPS) is 15.8. The molecule has 0 aromatic heterocycles. The summed E-state index contributed by atoms with van der Waals surface area (Å²) >= 11 is 1.46. The summed E-state index contributed by atoms with van der Waals surface area (Å²) in [7, 11) is 1.63. The Hall–Kier alpha value is -0.220. The third-order valence-electron chi connectivity index (χ3n) is 1.63. The zero-order chi connectivity index (χ0) is 10.4. The van der Waals surface area contributed by atoms with E-state index in [0.717, 1.165) is 0 Å². The van der Waals surface area contributed by atoms with Gasteiger partial charge in [-0.1, -0.05) is 20.8 Å². The molecule has 0 aliphatic carbocycles. The quantitative estimate of drug-likeness (QED) is 0.720. The second-order valence-electron chi connectivity index (χ2n) is 3.40. The zero-order valence-corrected chi connectivity index (χ0v) is 9.43. The number of carbonyl (C=O) groups is 1. The number of aliphatic carboxylic acids is 1. The summed E-state index contributed by atoms with van der Waals surface area (Å²) in [5, 5.41) is 8.80. The summed E-state index contributed by atoms with van der Waals surface area (Å²) in [6.07, 6.45) is 0. The fourth-order valence-corrected chi connectivity index (χ4v) is 2.17. The second kappa shape index (κ2) is 6.27. The van der Waals surface area contributed by atoms with Crippen LogP contribution in [0.25, 0.3) is 0 Å². The lowest BCUT2D eigenvalue weighted by molar-refractivity contribution is -0.137. The molecule has 0 aromatic carbocycles. The molecule has 0 aliphatic rings. The van der Waals surface area contributed by atoms with Crippen LogP contribution >= 0.6 is 11.8 Å². The molecule has 0 bridgehead atoms. The van der Waals surface area contributed by atoms with Gasteiger partial charge < -0.3 is 9.84 Å². The number of rotatable bonds is 6. The van der Waals surface area contributed by atoms with Gasteiger partial charge in [-0.05, 0) is 5.92 Å². The highest BCUT2D eigenvalue weighted by Crippen LogP contribution is 2.24. The zero-order valence-electron chi connectivity index (χ0n) is 8.61. The monoisotopic (exact) mass is 206 g/mol. The standard InChI is InChI=1S/C9H18O3S/c1-6(2)8(9(10)11)13-7(3)5-12-4/h6-8H,5H2,1-4H3,(H,10,11). The van der Waals surface area contributed by atoms with Crippen LogP contribution in [0.15, 0.2) is 0 Å². The van der Waals surface area contributed by atoms with Gasteiger partial charge in [0.1, 0.15) is 5.25 Å². The number of hydrogen-bond acceptors (Lipinski definition) is 3. The molecule has 2 unspecified atom stereocenters. The number of thioether (sulfide) groups is 1. The summed E-state index contributed by atoms with van der Waals surface area (Å²) in [5.74, 6) is -0.579. The van der Waals surface area contributed by atoms with Crippen molar-refractivity contribution >= 4 is 17.7 Å². The molecule has 0 saturated heterocycles. The van der Waals surface area contributed by atoms with Gasteiger partial charge in [0.15, 0.2) is 0 Å². The first kappa shape index (κ1) is 12.8. The van der Waals surface area contributed by atoms with Crippen molar-refractivity contribution in [1.29, 1.82) is 0 Å². The third kappa shape index (κ3) is 5.16. The van der Waals surface area contributed by atoms with Crippen molar-refractivity contribution in [1.82, 2.24) is 0 Å². The molecule has 0 amide bonds. The molecule has 78 valence electrons. The summed E-state index contributed by atoms with van der Waals surface area (Å²) in [6.45, 7) is 6.42. The van der Waals surface area contributed by atoms with Crippen LogP contribution in [0.3, 0.4) is 0 Å². The van der Waals surface area contributed by atoms with Crippen LogP contribution in [-0.2, 0) is 9.53 Å². The third-order valence-corrected chi connectivity index (χ3v) is 3.27. The van der Waals surface area contributed by atoms with Gasteiger partial charge in [-0.2, -0.15) is 0 Å². The van der Waals surface area contributed by atoms with E-state index in [1.54, 1.807) is 7.11 Å². The molecule has 0 saturated carbocycles. The van der Waals surface area contributed by atoms with E-state index in [1.807, 2.05) is 20.8 Å². The van der Waals surface area contributed by atoms with Crippen LogP contribution in [0.5, 0.6) is 0 Å². The van der Waals surface area contributed by atoms with E-state index < -0.39 is 5.97 Å². The molecule has 13 heavy (non-hydrogen) atoms. The van der Waals surface area contributed by atoms with Crippen molar-refractivity contribution < 1.29 is 14.6 Å². The highest BCUT2D eigenvalue weighted by Gasteiger charge is 2.24. The van der Waals surface area contributed by atoms with Gasteiger partial charge in [0.25, 0.3) is 0 Å². The fourth-order valence-electron chi connectivity index (χ4n) is 1.02. The van der Waals surface area contributed by atoms with Crippen molar-refractivity contribution in [2.45, 2.75) is 31.3 Å². The Morgan fingerprint density at radius 1 is 1.46 bits per heavy atom. The first-order chi connectivity index (χ1) is 5.99. The molecular formula is C9H18O3S. The summed E-state index contributed by atoms with van der Waals surface area (Å²) in [5.41, 5.74) is 0. The highest BCUT2D eigenvalue weighted by atomic mass is 32.2. The van der Waals surface area contributed by atoms with Crippen molar-refractivity contribution in [3.05, 3.63) is 0 Å². The van der Waals surface area contributed by atoms with Gasteiger partial charge in [0, 0.05) is 12.4 Å². The van der Waals surface area contributed by atoms with E-state index in [9.17, 15) is 4.79 Å². The molecule has 0 rings (SSSR count). The lowest BCUT2D eigenvalue weighted by Crippen LogP contribution is -2.26. The largest absolute Gasteiger partial charge is 0.480 e. The SMILES string of the molecule is COCC(C)SC(C(=O)O)C(C)C. The average Bonchev–Trinajstić information content (AvgIpc) is 1.99. The topological polar surface area (TPSA) is 46.5 Å². The van der Waals surface area contributed by atoms with Gasteiger partial charge in [0.2, 0.25) is 0 Å². The lowest BCUT2D eigenvalue weighted by Gasteiger charge is -2.19. The van der Waals surface area contributed by atoms with Crippen molar-refractivity contribution in [2.24, 2.45) is 5.92 Å². The van der Waals surface area contributed by atoms with Gasteiger partial charge in [-0.25, -0.2) is 0 Å². The Morgan fingerprint density at radius 2 is 2.00 bits per heavy atom. The molecule has 4 heteroatoms. The Bertz CT molecular complexity index is 159. The summed E-state index contributed by atoms with van der Waals surface area (Å²) in [4.78, 5) is 10.8. The summed E-state index contributed by atoms with van der Waals surface area (Å²) < 4.78 is 4.95. The van der Waals surface area contributed by atoms with E-state index >= 15 is 0 Å². The first-order valence-electron chi connectivity index (χ1n) is 4.36. The van der Waals surface area contributed by atoms with Crippen LogP contribution in [0, 0.1) is 5.92 Å². The molecule has 0 aromatic rings. The maximum atomic E-state index is 10.8. The molecule has 1 N–H and O–H groups in total. The molecule has 0 spiro atoms. The molecule has 3 nitrogen and oxygen atoms in total. The Balaban J connectivity index is 4.02. The molecule has 0 heterocycles. The molecule has 0 aliphatic heterocycles. The van der Waals surface area contributed by atoms with Crippen molar-refractivity contribution in [3.63, 3.8) is 0 Å². The number of hydrogen-bond donors (Lipinski definition) is 1. The van der Waals surface area contributed by atoms with Crippen LogP contribution in [0.4, 0.5) is 0 Å². The smallest absolute Gasteiger partial charge is 0.316 e. The van der Waals surface area contributed by atoms with E-state index in [-0.39, 0.29) is 16.4 Å². The van der Waals surface area contributed by atoms with Gasteiger partial charge >= 0.3 is 5.97 Å². The van der Waals surface area contributed by atoms with Crippen molar-refractivity contribution in [2.75, 3.05) is 13.7 Å². The average molecular weight is 206 g/mol. The number of ether oxygens (including phenoxy) is 1. The van der Waals surface area contributed by atoms with E-state index in [2.05, 4.69) is 0 Å². The van der Waals surface area contributed by atoms with Crippen LogP contribution < -0.4 is 0 Å². The molecule has 2 atom stereocenters. The van der Waals surface area contributed by atoms with E-state index in [0.29, 0.717) is 6.61 Å².